The Bertz CT molecular complexity index is 317. The van der Waals surface area contributed by atoms with E-state index >= 15 is 0 Å². The van der Waals surface area contributed by atoms with Gasteiger partial charge in [0.25, 0.3) is 0 Å². The molecule has 1 atom stereocenters. The van der Waals surface area contributed by atoms with Crippen LogP contribution in [-0.2, 0) is 5.75 Å². The van der Waals surface area contributed by atoms with Crippen LogP contribution in [0.5, 0.6) is 0 Å². The number of thioether (sulfide) groups is 1. The van der Waals surface area contributed by atoms with Crippen molar-refractivity contribution in [2.75, 3.05) is 6.54 Å². The summed E-state index contributed by atoms with van der Waals surface area (Å²) in [6, 6.07) is 4.27. The van der Waals surface area contributed by atoms with Crippen LogP contribution in [-0.4, -0.2) is 11.8 Å². The van der Waals surface area contributed by atoms with Crippen LogP contribution < -0.4 is 5.73 Å². The predicted molar refractivity (Wildman–Crippen MR) is 60.8 cm³/mol. The first-order valence-electron chi connectivity index (χ1n) is 4.89. The fourth-order valence-electron chi connectivity index (χ4n) is 1.21. The molecule has 0 fully saturated rings. The molecule has 15 heavy (non-hydrogen) atoms. The Morgan fingerprint density at radius 2 is 2.13 bits per heavy atom. The maximum Gasteiger partial charge on any atom is 0.162 e. The summed E-state index contributed by atoms with van der Waals surface area (Å²) in [5, 5.41) is 0.373. The summed E-state index contributed by atoms with van der Waals surface area (Å²) >= 11 is 1.59. The van der Waals surface area contributed by atoms with Gasteiger partial charge in [0.15, 0.2) is 11.6 Å². The second kappa shape index (κ2) is 6.08. The minimum Gasteiger partial charge on any atom is -0.330 e. The number of rotatable bonds is 5. The van der Waals surface area contributed by atoms with E-state index < -0.39 is 11.6 Å². The molecule has 84 valence electrons. The molecular formula is C11H15F2NS. The number of nitrogens with two attached hydrogens (primary N) is 1. The summed E-state index contributed by atoms with van der Waals surface area (Å²) in [7, 11) is 0. The Morgan fingerprint density at radius 1 is 1.40 bits per heavy atom. The SMILES string of the molecule is CC(CCN)SCc1cccc(F)c1F. The normalized spacial score (nSPS) is 12.8. The lowest BCUT2D eigenvalue weighted by Gasteiger charge is -2.10. The molecule has 0 amide bonds. The van der Waals surface area contributed by atoms with Gasteiger partial charge >= 0.3 is 0 Å². The third-order valence-corrected chi connectivity index (χ3v) is 3.41. The van der Waals surface area contributed by atoms with Crippen molar-refractivity contribution in [3.63, 3.8) is 0 Å². The Labute approximate surface area is 93.1 Å². The molecule has 1 nitrogen and oxygen atoms in total. The number of hydrogen-bond acceptors (Lipinski definition) is 2. The van der Waals surface area contributed by atoms with E-state index in [1.807, 2.05) is 6.92 Å². The van der Waals surface area contributed by atoms with Crippen molar-refractivity contribution in [1.29, 1.82) is 0 Å². The average Bonchev–Trinajstić information content (AvgIpc) is 2.21. The summed E-state index contributed by atoms with van der Waals surface area (Å²) in [5.74, 6) is -1.02. The van der Waals surface area contributed by atoms with E-state index in [-0.39, 0.29) is 0 Å². The molecule has 0 aromatic heterocycles. The molecule has 0 heterocycles. The molecule has 2 N–H and O–H groups in total. The Balaban J connectivity index is 2.54. The van der Waals surface area contributed by atoms with Crippen LogP contribution in [0.4, 0.5) is 8.78 Å². The van der Waals surface area contributed by atoms with Gasteiger partial charge in [-0.1, -0.05) is 19.1 Å². The topological polar surface area (TPSA) is 26.0 Å². The number of halogens is 2. The van der Waals surface area contributed by atoms with Crippen molar-refractivity contribution in [1.82, 2.24) is 0 Å². The summed E-state index contributed by atoms with van der Waals surface area (Å²) in [4.78, 5) is 0. The van der Waals surface area contributed by atoms with Crippen molar-refractivity contribution in [3.8, 4) is 0 Å². The summed E-state index contributed by atoms with van der Waals surface area (Å²) in [5.41, 5.74) is 5.83. The van der Waals surface area contributed by atoms with Gasteiger partial charge in [-0.2, -0.15) is 11.8 Å². The lowest BCUT2D eigenvalue weighted by atomic mass is 10.2. The van der Waals surface area contributed by atoms with Gasteiger partial charge in [-0.3, -0.25) is 0 Å². The Kier molecular flexibility index (Phi) is 5.05. The standard InChI is InChI=1S/C11H15F2NS/c1-8(5-6-14)15-7-9-3-2-4-10(12)11(9)13/h2-4,8H,5-7,14H2,1H3. The summed E-state index contributed by atoms with van der Waals surface area (Å²) < 4.78 is 26.1. The van der Waals surface area contributed by atoms with E-state index in [1.165, 1.54) is 6.07 Å². The largest absolute Gasteiger partial charge is 0.330 e. The van der Waals surface area contributed by atoms with Gasteiger partial charge < -0.3 is 5.73 Å². The molecule has 0 spiro atoms. The highest BCUT2D eigenvalue weighted by Crippen LogP contribution is 2.22. The monoisotopic (exact) mass is 231 g/mol. The average molecular weight is 231 g/mol. The third kappa shape index (κ3) is 3.80. The second-order valence-corrected chi connectivity index (χ2v) is 4.84. The second-order valence-electron chi connectivity index (χ2n) is 3.41. The summed E-state index contributed by atoms with van der Waals surface area (Å²) in [6.45, 7) is 2.66. The molecule has 1 aromatic carbocycles. The number of benzene rings is 1. The van der Waals surface area contributed by atoms with Crippen molar-refractivity contribution >= 4 is 11.8 Å². The van der Waals surface area contributed by atoms with Crippen LogP contribution in [0.25, 0.3) is 0 Å². The van der Waals surface area contributed by atoms with Crippen LogP contribution in [0.15, 0.2) is 18.2 Å². The fraction of sp³-hybridized carbons (Fsp3) is 0.455. The molecule has 0 saturated heterocycles. The first-order valence-corrected chi connectivity index (χ1v) is 5.94. The Morgan fingerprint density at radius 3 is 2.80 bits per heavy atom. The molecular weight excluding hydrogens is 216 g/mol. The molecule has 1 rings (SSSR count). The first-order chi connectivity index (χ1) is 7.15. The van der Waals surface area contributed by atoms with Gasteiger partial charge in [-0.15, -0.1) is 0 Å². The van der Waals surface area contributed by atoms with Crippen LogP contribution >= 0.6 is 11.8 Å². The molecule has 0 aliphatic carbocycles. The highest BCUT2D eigenvalue weighted by molar-refractivity contribution is 7.99. The lowest BCUT2D eigenvalue weighted by molar-refractivity contribution is 0.502. The van der Waals surface area contributed by atoms with Gasteiger partial charge in [0.05, 0.1) is 0 Å². The summed E-state index contributed by atoms with van der Waals surface area (Å²) in [6.07, 6.45) is 0.890. The van der Waals surface area contributed by atoms with Crippen LogP contribution in [0.2, 0.25) is 0 Å². The molecule has 0 aliphatic rings. The van der Waals surface area contributed by atoms with Crippen molar-refractivity contribution in [2.45, 2.75) is 24.3 Å². The fourth-order valence-corrected chi connectivity index (χ4v) is 2.20. The zero-order chi connectivity index (χ0) is 11.3. The number of hydrogen-bond donors (Lipinski definition) is 1. The quantitative estimate of drug-likeness (QED) is 0.843. The van der Waals surface area contributed by atoms with E-state index in [0.717, 1.165) is 12.5 Å². The van der Waals surface area contributed by atoms with E-state index in [9.17, 15) is 8.78 Å². The van der Waals surface area contributed by atoms with Gasteiger partial charge in [-0.05, 0) is 19.0 Å². The zero-order valence-electron chi connectivity index (χ0n) is 8.67. The maximum atomic E-state index is 13.2. The third-order valence-electron chi connectivity index (χ3n) is 2.13. The van der Waals surface area contributed by atoms with Gasteiger partial charge in [-0.25, -0.2) is 8.78 Å². The Hall–Kier alpha value is -0.610. The molecule has 0 radical (unpaired) electrons. The van der Waals surface area contributed by atoms with Gasteiger partial charge in [0.1, 0.15) is 0 Å². The van der Waals surface area contributed by atoms with Crippen LogP contribution in [0, 0.1) is 11.6 Å². The lowest BCUT2D eigenvalue weighted by Crippen LogP contribution is -2.07. The molecule has 0 saturated carbocycles. The molecule has 1 aromatic rings. The molecule has 0 aliphatic heterocycles. The van der Waals surface area contributed by atoms with Crippen molar-refractivity contribution in [3.05, 3.63) is 35.4 Å². The van der Waals surface area contributed by atoms with Crippen LogP contribution in [0.3, 0.4) is 0 Å². The van der Waals surface area contributed by atoms with Crippen LogP contribution in [0.1, 0.15) is 18.9 Å². The maximum absolute atomic E-state index is 13.2. The molecule has 1 unspecified atom stereocenters. The first kappa shape index (κ1) is 12.5. The minimum atomic E-state index is -0.778. The zero-order valence-corrected chi connectivity index (χ0v) is 9.49. The predicted octanol–water partition coefficient (Wildman–Crippen LogP) is 2.94. The van der Waals surface area contributed by atoms with E-state index in [0.29, 0.717) is 23.1 Å². The van der Waals surface area contributed by atoms with E-state index in [1.54, 1.807) is 17.8 Å². The molecule has 0 bridgehead atoms. The smallest absolute Gasteiger partial charge is 0.162 e. The van der Waals surface area contributed by atoms with E-state index in [4.69, 9.17) is 5.73 Å². The van der Waals surface area contributed by atoms with Crippen molar-refractivity contribution in [2.24, 2.45) is 5.73 Å². The molecule has 4 heteroatoms. The van der Waals surface area contributed by atoms with E-state index in [2.05, 4.69) is 0 Å². The van der Waals surface area contributed by atoms with Gasteiger partial charge in [0.2, 0.25) is 0 Å². The minimum absolute atomic E-state index is 0.373. The van der Waals surface area contributed by atoms with Crippen molar-refractivity contribution < 1.29 is 8.78 Å². The van der Waals surface area contributed by atoms with Gasteiger partial charge in [0, 0.05) is 16.6 Å². The highest BCUT2D eigenvalue weighted by atomic mass is 32.2. The highest BCUT2D eigenvalue weighted by Gasteiger charge is 2.09.